The predicted molar refractivity (Wildman–Crippen MR) is 115 cm³/mol. The maximum Gasteiger partial charge on any atom is 0.163 e. The number of hydrogen-bond acceptors (Lipinski definition) is 6. The van der Waals surface area contributed by atoms with Gasteiger partial charge in [0.2, 0.25) is 0 Å². The van der Waals surface area contributed by atoms with Crippen LogP contribution in [0.1, 0.15) is 6.92 Å². The summed E-state index contributed by atoms with van der Waals surface area (Å²) < 4.78 is 5.50. The molecule has 0 aliphatic heterocycles. The van der Waals surface area contributed by atoms with E-state index in [-0.39, 0.29) is 0 Å². The molecule has 0 radical (unpaired) electrons. The number of nitrogens with one attached hydrogen (secondary N) is 2. The second kappa shape index (κ2) is 9.71. The Balaban J connectivity index is 1.83. The van der Waals surface area contributed by atoms with Crippen LogP contribution in [0.25, 0.3) is 11.4 Å². The van der Waals surface area contributed by atoms with E-state index in [1.807, 2.05) is 67.6 Å². The maximum absolute atomic E-state index is 5.50. The van der Waals surface area contributed by atoms with Gasteiger partial charge in [0, 0.05) is 30.4 Å². The maximum atomic E-state index is 5.50. The second-order valence-electron chi connectivity index (χ2n) is 6.64. The van der Waals surface area contributed by atoms with Gasteiger partial charge in [0.15, 0.2) is 5.82 Å². The van der Waals surface area contributed by atoms with Gasteiger partial charge in [-0.3, -0.25) is 0 Å². The van der Waals surface area contributed by atoms with E-state index in [4.69, 9.17) is 9.72 Å². The van der Waals surface area contributed by atoms with Gasteiger partial charge in [0.05, 0.1) is 6.61 Å². The molecule has 0 saturated heterocycles. The van der Waals surface area contributed by atoms with Crippen molar-refractivity contribution in [2.75, 3.05) is 44.4 Å². The minimum Gasteiger partial charge on any atom is -0.494 e. The number of likely N-dealkylation sites (N-methyl/N-ethyl adjacent to an activating group) is 1. The molecule has 1 aromatic heterocycles. The predicted octanol–water partition coefficient (Wildman–Crippen LogP) is 4.26. The summed E-state index contributed by atoms with van der Waals surface area (Å²) in [4.78, 5) is 11.5. The Morgan fingerprint density at radius 1 is 0.929 bits per heavy atom. The smallest absolute Gasteiger partial charge is 0.163 e. The molecule has 0 spiro atoms. The summed E-state index contributed by atoms with van der Waals surface area (Å²) in [6.07, 6.45) is 0. The molecule has 2 N–H and O–H groups in total. The van der Waals surface area contributed by atoms with Crippen LogP contribution in [0.2, 0.25) is 0 Å². The van der Waals surface area contributed by atoms with Crippen LogP contribution in [0.5, 0.6) is 5.75 Å². The Bertz CT molecular complexity index is 866. The quantitative estimate of drug-likeness (QED) is 0.581. The Morgan fingerprint density at radius 3 is 2.32 bits per heavy atom. The van der Waals surface area contributed by atoms with E-state index >= 15 is 0 Å². The summed E-state index contributed by atoms with van der Waals surface area (Å²) in [5, 5.41) is 6.75. The van der Waals surface area contributed by atoms with E-state index in [1.54, 1.807) is 0 Å². The highest BCUT2D eigenvalue weighted by atomic mass is 16.5. The Labute approximate surface area is 166 Å². The van der Waals surface area contributed by atoms with E-state index in [2.05, 4.69) is 34.6 Å². The van der Waals surface area contributed by atoms with Crippen LogP contribution in [0.15, 0.2) is 60.7 Å². The van der Waals surface area contributed by atoms with Crippen LogP contribution < -0.4 is 15.4 Å². The van der Waals surface area contributed by atoms with Crippen molar-refractivity contribution in [2.24, 2.45) is 0 Å². The topological polar surface area (TPSA) is 62.3 Å². The Hall–Kier alpha value is -3.12. The summed E-state index contributed by atoms with van der Waals surface area (Å²) >= 11 is 0. The third-order valence-corrected chi connectivity index (χ3v) is 4.06. The van der Waals surface area contributed by atoms with E-state index in [0.29, 0.717) is 12.4 Å². The molecule has 6 nitrogen and oxygen atoms in total. The van der Waals surface area contributed by atoms with Crippen LogP contribution in [-0.2, 0) is 0 Å². The lowest BCUT2D eigenvalue weighted by Gasteiger charge is -2.14. The van der Waals surface area contributed by atoms with Gasteiger partial charge < -0.3 is 20.3 Å². The first-order valence-corrected chi connectivity index (χ1v) is 9.47. The average Bonchev–Trinajstić information content (AvgIpc) is 2.70. The van der Waals surface area contributed by atoms with Gasteiger partial charge in [-0.1, -0.05) is 30.3 Å². The summed E-state index contributed by atoms with van der Waals surface area (Å²) in [7, 11) is 4.10. The second-order valence-corrected chi connectivity index (χ2v) is 6.64. The molecular formula is C22H27N5O. The minimum absolute atomic E-state index is 0.654. The van der Waals surface area contributed by atoms with Crippen molar-refractivity contribution >= 4 is 17.3 Å². The molecule has 2 aromatic carbocycles. The highest BCUT2D eigenvalue weighted by Gasteiger charge is 2.08. The number of anilines is 3. The molecule has 0 fully saturated rings. The Kier molecular flexibility index (Phi) is 6.81. The SMILES string of the molecule is CCOc1ccc(Nc2cc(NCCN(C)C)nc(-c3ccccc3)n2)cc1. The number of benzene rings is 2. The molecule has 0 aliphatic carbocycles. The number of hydrogen-bond donors (Lipinski definition) is 2. The van der Waals surface area contributed by atoms with Crippen LogP contribution >= 0.6 is 0 Å². The molecule has 3 aromatic rings. The van der Waals surface area contributed by atoms with Crippen LogP contribution in [0.3, 0.4) is 0 Å². The van der Waals surface area contributed by atoms with Gasteiger partial charge in [0.25, 0.3) is 0 Å². The van der Waals surface area contributed by atoms with Crippen molar-refractivity contribution in [3.05, 3.63) is 60.7 Å². The fraction of sp³-hybridized carbons (Fsp3) is 0.273. The van der Waals surface area contributed by atoms with E-state index in [1.165, 1.54) is 0 Å². The monoisotopic (exact) mass is 377 g/mol. The van der Waals surface area contributed by atoms with Gasteiger partial charge in [-0.05, 0) is 45.3 Å². The van der Waals surface area contributed by atoms with Crippen LogP contribution in [0, 0.1) is 0 Å². The van der Waals surface area contributed by atoms with Gasteiger partial charge in [0.1, 0.15) is 17.4 Å². The molecule has 0 saturated carbocycles. The first kappa shape index (κ1) is 19.6. The van der Waals surface area contributed by atoms with Crippen molar-refractivity contribution in [3.63, 3.8) is 0 Å². The molecule has 0 bridgehead atoms. The lowest BCUT2D eigenvalue weighted by Crippen LogP contribution is -2.21. The molecule has 1 heterocycles. The first-order valence-electron chi connectivity index (χ1n) is 9.47. The Morgan fingerprint density at radius 2 is 1.64 bits per heavy atom. The van der Waals surface area contributed by atoms with Crippen molar-refractivity contribution in [1.82, 2.24) is 14.9 Å². The van der Waals surface area contributed by atoms with Crippen molar-refractivity contribution in [2.45, 2.75) is 6.92 Å². The summed E-state index contributed by atoms with van der Waals surface area (Å²) in [6.45, 7) is 4.36. The summed E-state index contributed by atoms with van der Waals surface area (Å²) in [5.41, 5.74) is 1.92. The van der Waals surface area contributed by atoms with Crippen molar-refractivity contribution < 1.29 is 4.74 Å². The van der Waals surface area contributed by atoms with Crippen LogP contribution in [0.4, 0.5) is 17.3 Å². The molecule has 6 heteroatoms. The normalized spacial score (nSPS) is 10.7. The van der Waals surface area contributed by atoms with Gasteiger partial charge in [-0.25, -0.2) is 9.97 Å². The zero-order valence-electron chi connectivity index (χ0n) is 16.6. The lowest BCUT2D eigenvalue weighted by molar-refractivity contribution is 0.340. The fourth-order valence-corrected chi connectivity index (χ4v) is 2.67. The van der Waals surface area contributed by atoms with E-state index in [0.717, 1.165) is 41.7 Å². The molecular weight excluding hydrogens is 350 g/mol. The van der Waals surface area contributed by atoms with E-state index < -0.39 is 0 Å². The summed E-state index contributed by atoms with van der Waals surface area (Å²) in [5.74, 6) is 3.07. The molecule has 0 unspecified atom stereocenters. The van der Waals surface area contributed by atoms with Gasteiger partial charge in [-0.15, -0.1) is 0 Å². The molecule has 3 rings (SSSR count). The highest BCUT2D eigenvalue weighted by Crippen LogP contribution is 2.24. The molecule has 0 aliphatic rings. The molecule has 28 heavy (non-hydrogen) atoms. The number of aromatic nitrogens is 2. The fourth-order valence-electron chi connectivity index (χ4n) is 2.67. The van der Waals surface area contributed by atoms with Crippen molar-refractivity contribution in [1.29, 1.82) is 0 Å². The van der Waals surface area contributed by atoms with Gasteiger partial charge >= 0.3 is 0 Å². The zero-order chi connectivity index (χ0) is 19.8. The number of rotatable bonds is 9. The van der Waals surface area contributed by atoms with Crippen molar-refractivity contribution in [3.8, 4) is 17.1 Å². The first-order chi connectivity index (χ1) is 13.6. The lowest BCUT2D eigenvalue weighted by atomic mass is 10.2. The standard InChI is InChI=1S/C22H27N5O/c1-4-28-19-12-10-18(11-13-19)24-21-16-20(23-14-15-27(2)3)25-22(26-21)17-8-6-5-7-9-17/h5-13,16H,4,14-15H2,1-3H3,(H2,23,24,25,26). The van der Waals surface area contributed by atoms with Crippen LogP contribution in [-0.4, -0.2) is 48.7 Å². The minimum atomic E-state index is 0.654. The number of nitrogens with zero attached hydrogens (tertiary/aromatic N) is 3. The zero-order valence-corrected chi connectivity index (χ0v) is 16.6. The third-order valence-electron chi connectivity index (χ3n) is 4.06. The van der Waals surface area contributed by atoms with Gasteiger partial charge in [-0.2, -0.15) is 0 Å². The summed E-state index contributed by atoms with van der Waals surface area (Å²) in [6, 6.07) is 19.8. The number of ether oxygens (including phenoxy) is 1. The highest BCUT2D eigenvalue weighted by molar-refractivity contribution is 5.65. The van der Waals surface area contributed by atoms with E-state index in [9.17, 15) is 0 Å². The third kappa shape index (κ3) is 5.69. The average molecular weight is 377 g/mol. The molecule has 0 amide bonds. The molecule has 0 atom stereocenters. The molecule has 146 valence electrons. The largest absolute Gasteiger partial charge is 0.494 e.